The number of carbonyl (C=O) groups excluding carboxylic acids is 1. The highest BCUT2D eigenvalue weighted by Crippen LogP contribution is 2.35. The van der Waals surface area contributed by atoms with Crippen LogP contribution >= 0.6 is 0 Å². The molecule has 1 aromatic rings. The predicted molar refractivity (Wildman–Crippen MR) is 75.2 cm³/mol. The molecule has 2 N–H and O–H groups in total. The van der Waals surface area contributed by atoms with Crippen molar-refractivity contribution in [2.24, 2.45) is 0 Å². The van der Waals surface area contributed by atoms with E-state index < -0.39 is 5.60 Å². The minimum atomic E-state index is -0.684. The first kappa shape index (κ1) is 14.0. The van der Waals surface area contributed by atoms with E-state index in [0.29, 0.717) is 18.0 Å². The number of hydrogen-bond donors (Lipinski definition) is 1. The van der Waals surface area contributed by atoms with Crippen molar-refractivity contribution in [3.05, 3.63) is 23.4 Å². The summed E-state index contributed by atoms with van der Waals surface area (Å²) in [6, 6.07) is 1.82. The van der Waals surface area contributed by atoms with Crippen LogP contribution in [0.1, 0.15) is 54.9 Å². The second-order valence-corrected chi connectivity index (χ2v) is 5.26. The Kier molecular flexibility index (Phi) is 4.20. The van der Waals surface area contributed by atoms with Crippen molar-refractivity contribution >= 4 is 11.6 Å². The van der Waals surface area contributed by atoms with Gasteiger partial charge >= 0.3 is 0 Å². The van der Waals surface area contributed by atoms with Gasteiger partial charge in [0.2, 0.25) is 0 Å². The lowest BCUT2D eigenvalue weighted by atomic mass is 9.79. The van der Waals surface area contributed by atoms with Crippen LogP contribution in [0.3, 0.4) is 0 Å². The van der Waals surface area contributed by atoms with E-state index >= 15 is 0 Å². The number of carbonyl (C=O) groups is 1. The monoisotopic (exact) mass is 262 g/mol. The number of Topliss-reactive ketones (excluding diaryl/α,β-unsaturated/α-hetero) is 1. The van der Waals surface area contributed by atoms with Gasteiger partial charge in [-0.25, -0.2) is 4.98 Å². The number of ether oxygens (including phenoxy) is 1. The van der Waals surface area contributed by atoms with Crippen LogP contribution in [0.25, 0.3) is 0 Å². The molecular formula is C15H22N2O2. The van der Waals surface area contributed by atoms with Crippen LogP contribution < -0.4 is 5.73 Å². The highest BCUT2D eigenvalue weighted by molar-refractivity contribution is 6.05. The number of anilines is 1. The smallest absolute Gasteiger partial charge is 0.198 e. The number of ketones is 1. The molecule has 4 nitrogen and oxygen atoms in total. The van der Waals surface area contributed by atoms with Gasteiger partial charge < -0.3 is 10.5 Å². The average Bonchev–Trinajstić information content (AvgIpc) is 2.42. The van der Waals surface area contributed by atoms with E-state index in [0.717, 1.165) is 31.2 Å². The standard InChI is InChI=1S/C15H22N2O2/c1-3-19-15(7-5-4-6-8-15)13(18)12-9-11(2)10-17-14(12)16/h9-10H,3-8H2,1-2H3,(H2,16,17). The Hall–Kier alpha value is -1.42. The molecule has 0 aromatic carbocycles. The van der Waals surface area contributed by atoms with Gasteiger partial charge in [0.1, 0.15) is 11.4 Å². The van der Waals surface area contributed by atoms with E-state index in [2.05, 4.69) is 4.98 Å². The number of aryl methyl sites for hydroxylation is 1. The van der Waals surface area contributed by atoms with E-state index in [1.54, 1.807) is 6.20 Å². The van der Waals surface area contributed by atoms with Gasteiger partial charge in [-0.05, 0) is 38.3 Å². The molecule has 1 aliphatic carbocycles. The minimum Gasteiger partial charge on any atom is -0.383 e. The topological polar surface area (TPSA) is 65.2 Å². The summed E-state index contributed by atoms with van der Waals surface area (Å²) in [6.07, 6.45) is 6.49. The van der Waals surface area contributed by atoms with Gasteiger partial charge in [0.05, 0.1) is 5.56 Å². The maximum Gasteiger partial charge on any atom is 0.198 e. The summed E-state index contributed by atoms with van der Waals surface area (Å²) in [6.45, 7) is 4.39. The van der Waals surface area contributed by atoms with Crippen LogP contribution in [0.4, 0.5) is 5.82 Å². The lowest BCUT2D eigenvalue weighted by Gasteiger charge is -2.35. The first-order valence-corrected chi connectivity index (χ1v) is 7.00. The van der Waals surface area contributed by atoms with E-state index in [4.69, 9.17) is 10.5 Å². The molecule has 1 aliphatic rings. The van der Waals surface area contributed by atoms with Gasteiger partial charge in [0.25, 0.3) is 0 Å². The van der Waals surface area contributed by atoms with Crippen molar-refractivity contribution in [1.29, 1.82) is 0 Å². The van der Waals surface area contributed by atoms with Crippen molar-refractivity contribution in [2.45, 2.75) is 51.6 Å². The van der Waals surface area contributed by atoms with Crippen molar-refractivity contribution in [2.75, 3.05) is 12.3 Å². The Balaban J connectivity index is 2.36. The van der Waals surface area contributed by atoms with Gasteiger partial charge in [-0.15, -0.1) is 0 Å². The molecule has 0 unspecified atom stereocenters. The molecule has 0 aliphatic heterocycles. The Morgan fingerprint density at radius 3 is 2.74 bits per heavy atom. The summed E-state index contributed by atoms with van der Waals surface area (Å²) in [5.74, 6) is 0.308. The fourth-order valence-corrected chi connectivity index (χ4v) is 2.84. The number of aromatic nitrogens is 1. The lowest BCUT2D eigenvalue weighted by Crippen LogP contribution is -2.44. The molecule has 1 saturated carbocycles. The van der Waals surface area contributed by atoms with Crippen LogP contribution in [-0.4, -0.2) is 23.0 Å². The molecular weight excluding hydrogens is 240 g/mol. The molecule has 0 spiro atoms. The van der Waals surface area contributed by atoms with Crippen LogP contribution in [0.15, 0.2) is 12.3 Å². The van der Waals surface area contributed by atoms with Crippen molar-refractivity contribution < 1.29 is 9.53 Å². The molecule has 1 fully saturated rings. The Morgan fingerprint density at radius 1 is 1.42 bits per heavy atom. The van der Waals surface area contributed by atoms with E-state index in [1.807, 2.05) is 19.9 Å². The fourth-order valence-electron chi connectivity index (χ4n) is 2.84. The van der Waals surface area contributed by atoms with E-state index in [-0.39, 0.29) is 5.78 Å². The number of rotatable bonds is 4. The summed E-state index contributed by atoms with van der Waals surface area (Å²) >= 11 is 0. The van der Waals surface area contributed by atoms with Crippen LogP contribution in [0, 0.1) is 6.92 Å². The molecule has 2 rings (SSSR count). The maximum atomic E-state index is 12.8. The summed E-state index contributed by atoms with van der Waals surface area (Å²) < 4.78 is 5.85. The number of hydrogen-bond acceptors (Lipinski definition) is 4. The molecule has 104 valence electrons. The van der Waals surface area contributed by atoms with Crippen LogP contribution in [0.2, 0.25) is 0 Å². The molecule has 0 amide bonds. The Morgan fingerprint density at radius 2 is 2.11 bits per heavy atom. The molecule has 1 heterocycles. The average molecular weight is 262 g/mol. The molecule has 0 bridgehead atoms. The Labute approximate surface area is 114 Å². The van der Waals surface area contributed by atoms with Gasteiger partial charge in [0, 0.05) is 12.8 Å². The lowest BCUT2D eigenvalue weighted by molar-refractivity contribution is -0.0410. The second-order valence-electron chi connectivity index (χ2n) is 5.26. The Bertz CT molecular complexity index is 460. The molecule has 19 heavy (non-hydrogen) atoms. The van der Waals surface area contributed by atoms with E-state index in [9.17, 15) is 4.79 Å². The van der Waals surface area contributed by atoms with Gasteiger partial charge in [-0.2, -0.15) is 0 Å². The van der Waals surface area contributed by atoms with Crippen molar-refractivity contribution in [3.8, 4) is 0 Å². The van der Waals surface area contributed by atoms with Crippen LogP contribution in [0.5, 0.6) is 0 Å². The minimum absolute atomic E-state index is 0.00255. The number of nitrogens with zero attached hydrogens (tertiary/aromatic N) is 1. The van der Waals surface area contributed by atoms with Gasteiger partial charge in [0.15, 0.2) is 5.78 Å². The third kappa shape index (κ3) is 2.78. The molecule has 0 atom stereocenters. The van der Waals surface area contributed by atoms with Gasteiger partial charge in [-0.3, -0.25) is 4.79 Å². The normalized spacial score (nSPS) is 18.2. The zero-order valence-electron chi connectivity index (χ0n) is 11.7. The number of pyridine rings is 1. The first-order chi connectivity index (χ1) is 9.09. The third-order valence-corrected chi connectivity index (χ3v) is 3.80. The predicted octanol–water partition coefficient (Wildman–Crippen LogP) is 2.89. The maximum absolute atomic E-state index is 12.8. The zero-order valence-corrected chi connectivity index (χ0v) is 11.7. The first-order valence-electron chi connectivity index (χ1n) is 7.00. The van der Waals surface area contributed by atoms with Crippen LogP contribution in [-0.2, 0) is 4.74 Å². The van der Waals surface area contributed by atoms with Crippen molar-refractivity contribution in [3.63, 3.8) is 0 Å². The van der Waals surface area contributed by atoms with Gasteiger partial charge in [-0.1, -0.05) is 19.3 Å². The quantitative estimate of drug-likeness (QED) is 0.847. The largest absolute Gasteiger partial charge is 0.383 e. The van der Waals surface area contributed by atoms with E-state index in [1.165, 1.54) is 6.42 Å². The molecule has 0 saturated heterocycles. The summed E-state index contributed by atoms with van der Waals surface area (Å²) in [5, 5.41) is 0. The summed E-state index contributed by atoms with van der Waals surface area (Å²) in [7, 11) is 0. The molecule has 1 aromatic heterocycles. The highest BCUT2D eigenvalue weighted by Gasteiger charge is 2.41. The zero-order chi connectivity index (χ0) is 13.9. The second kappa shape index (κ2) is 5.70. The highest BCUT2D eigenvalue weighted by atomic mass is 16.5. The summed E-state index contributed by atoms with van der Waals surface area (Å²) in [4.78, 5) is 16.9. The van der Waals surface area contributed by atoms with Crippen molar-refractivity contribution in [1.82, 2.24) is 4.98 Å². The fraction of sp³-hybridized carbons (Fsp3) is 0.600. The molecule has 0 radical (unpaired) electrons. The SMILES string of the molecule is CCOC1(C(=O)c2cc(C)cnc2N)CCCCC1. The number of nitrogen functional groups attached to an aromatic ring is 1. The summed E-state index contributed by atoms with van der Waals surface area (Å²) in [5.41, 5.74) is 6.63. The third-order valence-electron chi connectivity index (χ3n) is 3.80. The molecule has 4 heteroatoms. The number of nitrogens with two attached hydrogens (primary N) is 1.